The molecule has 0 bridgehead atoms. The van der Waals surface area contributed by atoms with Gasteiger partial charge in [-0.1, -0.05) is 26.0 Å². The van der Waals surface area contributed by atoms with Crippen molar-refractivity contribution in [3.05, 3.63) is 51.7 Å². The summed E-state index contributed by atoms with van der Waals surface area (Å²) in [6, 6.07) is 10.6. The molecule has 6 heteroatoms. The molecule has 1 aliphatic heterocycles. The van der Waals surface area contributed by atoms with Gasteiger partial charge >= 0.3 is 0 Å². The van der Waals surface area contributed by atoms with E-state index in [2.05, 4.69) is 55.3 Å². The molecule has 1 saturated heterocycles. The number of amides is 1. The molecule has 3 rings (SSSR count). The smallest absolute Gasteiger partial charge is 0.248 e. The van der Waals surface area contributed by atoms with Crippen molar-refractivity contribution in [1.82, 2.24) is 9.80 Å². The highest BCUT2D eigenvalue weighted by Crippen LogP contribution is 2.36. The zero-order valence-corrected chi connectivity index (χ0v) is 20.3. The van der Waals surface area contributed by atoms with Crippen LogP contribution in [0.5, 0.6) is 5.75 Å². The molecular weight excluding hydrogens is 408 g/mol. The average molecular weight is 445 g/mol. The minimum atomic E-state index is 0.0770. The van der Waals surface area contributed by atoms with Gasteiger partial charge < -0.3 is 14.4 Å². The first kappa shape index (κ1) is 23.8. The Morgan fingerprint density at radius 2 is 2.06 bits per heavy atom. The van der Waals surface area contributed by atoms with E-state index in [0.29, 0.717) is 17.8 Å². The van der Waals surface area contributed by atoms with Crippen molar-refractivity contribution in [3.63, 3.8) is 0 Å². The van der Waals surface area contributed by atoms with Gasteiger partial charge in [0.2, 0.25) is 5.91 Å². The van der Waals surface area contributed by atoms with Crippen LogP contribution in [0.1, 0.15) is 35.8 Å². The van der Waals surface area contributed by atoms with E-state index in [1.165, 1.54) is 16.0 Å². The van der Waals surface area contributed by atoms with Gasteiger partial charge in [-0.15, -0.1) is 11.3 Å². The summed E-state index contributed by atoms with van der Waals surface area (Å²) in [5.41, 5.74) is 2.65. The second-order valence-electron chi connectivity index (χ2n) is 8.99. The Bertz CT molecular complexity index is 851. The maximum atomic E-state index is 12.8. The fourth-order valence-corrected chi connectivity index (χ4v) is 5.46. The molecule has 170 valence electrons. The van der Waals surface area contributed by atoms with Gasteiger partial charge in [0, 0.05) is 50.6 Å². The van der Waals surface area contributed by atoms with E-state index < -0.39 is 0 Å². The highest BCUT2D eigenvalue weighted by atomic mass is 32.1. The highest BCUT2D eigenvalue weighted by Gasteiger charge is 2.36. The van der Waals surface area contributed by atoms with Crippen LogP contribution in [0.4, 0.5) is 0 Å². The third-order valence-corrected chi connectivity index (χ3v) is 7.04. The number of benzene rings is 1. The SMILES string of the molecule is COCC(=O)N(CC(C)C)C[C@H]1CN(Cc2sccc2C)C[C@H]1c1cccc(OC)c1. The highest BCUT2D eigenvalue weighted by molar-refractivity contribution is 7.10. The maximum absolute atomic E-state index is 12.8. The molecule has 0 N–H and O–H groups in total. The van der Waals surface area contributed by atoms with Crippen LogP contribution in [0, 0.1) is 18.8 Å². The van der Waals surface area contributed by atoms with Crippen LogP contribution < -0.4 is 4.74 Å². The molecule has 0 spiro atoms. The lowest BCUT2D eigenvalue weighted by molar-refractivity contribution is -0.136. The molecule has 1 aromatic heterocycles. The van der Waals surface area contributed by atoms with Gasteiger partial charge in [-0.05, 0) is 53.5 Å². The fourth-order valence-electron chi connectivity index (χ4n) is 4.51. The summed E-state index contributed by atoms with van der Waals surface area (Å²) in [6.07, 6.45) is 0. The Labute approximate surface area is 191 Å². The predicted octanol–water partition coefficient (Wildman–Crippen LogP) is 4.41. The quantitative estimate of drug-likeness (QED) is 0.544. The lowest BCUT2D eigenvalue weighted by Crippen LogP contribution is -2.41. The normalized spacial score (nSPS) is 19.2. The van der Waals surface area contributed by atoms with Crippen molar-refractivity contribution >= 4 is 17.2 Å². The van der Waals surface area contributed by atoms with Crippen LogP contribution in [-0.4, -0.2) is 62.7 Å². The van der Waals surface area contributed by atoms with Gasteiger partial charge in [-0.2, -0.15) is 0 Å². The minimum absolute atomic E-state index is 0.0770. The summed E-state index contributed by atoms with van der Waals surface area (Å²) in [5, 5.41) is 2.17. The van der Waals surface area contributed by atoms with Crippen molar-refractivity contribution in [1.29, 1.82) is 0 Å². The summed E-state index contributed by atoms with van der Waals surface area (Å²) in [7, 11) is 3.30. The third-order valence-electron chi connectivity index (χ3n) is 6.03. The van der Waals surface area contributed by atoms with E-state index in [0.717, 1.165) is 38.5 Å². The molecule has 1 aliphatic rings. The molecular formula is C25H36N2O3S. The number of hydrogen-bond donors (Lipinski definition) is 0. The van der Waals surface area contributed by atoms with Crippen molar-refractivity contribution in [3.8, 4) is 5.75 Å². The number of aryl methyl sites for hydroxylation is 1. The Hall–Kier alpha value is -1.89. The predicted molar refractivity (Wildman–Crippen MR) is 127 cm³/mol. The van der Waals surface area contributed by atoms with E-state index in [9.17, 15) is 4.79 Å². The lowest BCUT2D eigenvalue weighted by Gasteiger charge is -2.30. The van der Waals surface area contributed by atoms with Crippen molar-refractivity contribution in [2.45, 2.75) is 33.2 Å². The van der Waals surface area contributed by atoms with Crippen molar-refractivity contribution in [2.24, 2.45) is 11.8 Å². The first-order chi connectivity index (χ1) is 14.9. The fraction of sp³-hybridized carbons (Fsp3) is 0.560. The number of nitrogens with zero attached hydrogens (tertiary/aromatic N) is 2. The molecule has 0 aliphatic carbocycles. The Kier molecular flexibility index (Phi) is 8.52. The van der Waals surface area contributed by atoms with E-state index in [-0.39, 0.29) is 12.5 Å². The monoisotopic (exact) mass is 444 g/mol. The Balaban J connectivity index is 1.83. The summed E-state index contributed by atoms with van der Waals surface area (Å²) in [4.78, 5) is 18.7. The second kappa shape index (κ2) is 11.1. The minimum Gasteiger partial charge on any atom is -0.497 e. The molecule has 1 fully saturated rings. The van der Waals surface area contributed by atoms with E-state index in [1.54, 1.807) is 14.2 Å². The second-order valence-corrected chi connectivity index (χ2v) is 9.99. The number of hydrogen-bond acceptors (Lipinski definition) is 5. The largest absolute Gasteiger partial charge is 0.497 e. The molecule has 0 saturated carbocycles. The Morgan fingerprint density at radius 1 is 1.26 bits per heavy atom. The molecule has 5 nitrogen and oxygen atoms in total. The molecule has 0 unspecified atom stereocenters. The maximum Gasteiger partial charge on any atom is 0.248 e. The van der Waals surface area contributed by atoms with E-state index in [4.69, 9.17) is 9.47 Å². The number of carbonyl (C=O) groups is 1. The molecule has 1 aromatic carbocycles. The summed E-state index contributed by atoms with van der Waals surface area (Å²) in [5.74, 6) is 2.11. The van der Waals surface area contributed by atoms with Crippen LogP contribution in [0.2, 0.25) is 0 Å². The van der Waals surface area contributed by atoms with Crippen LogP contribution in [0.3, 0.4) is 0 Å². The number of likely N-dealkylation sites (tertiary alicyclic amines) is 1. The van der Waals surface area contributed by atoms with Crippen molar-refractivity contribution in [2.75, 3.05) is 47.0 Å². The van der Waals surface area contributed by atoms with Gasteiger partial charge in [0.05, 0.1) is 7.11 Å². The molecule has 2 aromatic rings. The zero-order chi connectivity index (χ0) is 22.4. The number of carbonyl (C=O) groups excluding carboxylic acids is 1. The van der Waals surface area contributed by atoms with Crippen LogP contribution in [0.15, 0.2) is 35.7 Å². The standard InChI is InChI=1S/C25H36N2O3S/c1-18(2)12-27(25(28)17-29-4)14-21-13-26(16-24-19(3)9-10-31-24)15-23(21)20-7-6-8-22(11-20)30-5/h6-11,18,21,23H,12-17H2,1-5H3/t21-,23+/m1/s1. The molecule has 2 heterocycles. The first-order valence-electron chi connectivity index (χ1n) is 11.1. The first-order valence-corrected chi connectivity index (χ1v) is 11.9. The van der Waals surface area contributed by atoms with Gasteiger partial charge in [-0.3, -0.25) is 9.69 Å². The van der Waals surface area contributed by atoms with Crippen molar-refractivity contribution < 1.29 is 14.3 Å². The number of thiophene rings is 1. The lowest BCUT2D eigenvalue weighted by atomic mass is 9.88. The van der Waals surface area contributed by atoms with Gasteiger partial charge in [0.15, 0.2) is 0 Å². The van der Waals surface area contributed by atoms with Crippen LogP contribution in [0.25, 0.3) is 0 Å². The molecule has 1 amide bonds. The van der Waals surface area contributed by atoms with Gasteiger partial charge in [-0.25, -0.2) is 0 Å². The van der Waals surface area contributed by atoms with E-state index in [1.807, 2.05) is 22.3 Å². The Morgan fingerprint density at radius 3 is 2.71 bits per heavy atom. The van der Waals surface area contributed by atoms with Gasteiger partial charge in [0.1, 0.15) is 12.4 Å². The number of methoxy groups -OCH3 is 2. The summed E-state index contributed by atoms with van der Waals surface area (Å²) in [6.45, 7) is 11.1. The third kappa shape index (κ3) is 6.31. The summed E-state index contributed by atoms with van der Waals surface area (Å²) >= 11 is 1.83. The number of ether oxygens (including phenoxy) is 2. The molecule has 2 atom stereocenters. The van der Waals surface area contributed by atoms with Crippen LogP contribution in [-0.2, 0) is 16.1 Å². The summed E-state index contributed by atoms with van der Waals surface area (Å²) < 4.78 is 10.6. The molecule has 31 heavy (non-hydrogen) atoms. The number of rotatable bonds is 10. The topological polar surface area (TPSA) is 42.0 Å². The van der Waals surface area contributed by atoms with Gasteiger partial charge in [0.25, 0.3) is 0 Å². The molecule has 0 radical (unpaired) electrons. The average Bonchev–Trinajstić information content (AvgIpc) is 3.33. The van der Waals surface area contributed by atoms with Crippen LogP contribution >= 0.6 is 11.3 Å². The van der Waals surface area contributed by atoms with E-state index >= 15 is 0 Å². The zero-order valence-electron chi connectivity index (χ0n) is 19.5.